The molecule has 0 spiro atoms. The second kappa shape index (κ2) is 6.35. The number of fused-ring (bicyclic) bond motifs is 3. The number of aromatic nitrogens is 4. The van der Waals surface area contributed by atoms with E-state index in [1.165, 1.54) is 23.9 Å². The maximum atomic E-state index is 12.8. The van der Waals surface area contributed by atoms with Crippen LogP contribution >= 0.6 is 0 Å². The second-order valence-electron chi connectivity index (χ2n) is 6.38. The zero-order chi connectivity index (χ0) is 19.1. The van der Waals surface area contributed by atoms with Crippen molar-refractivity contribution >= 4 is 22.5 Å². The molecular formula is C20H18N4O3. The average Bonchev–Trinajstić information content (AvgIpc) is 3.07. The Hall–Kier alpha value is -3.48. The predicted octanol–water partition coefficient (Wildman–Crippen LogP) is 2.92. The van der Waals surface area contributed by atoms with Crippen LogP contribution in [0.2, 0.25) is 0 Å². The van der Waals surface area contributed by atoms with Crippen molar-refractivity contribution in [2.45, 2.75) is 26.3 Å². The first kappa shape index (κ1) is 17.0. The first-order valence-corrected chi connectivity index (χ1v) is 8.72. The fraction of sp³-hybridized carbons (Fsp3) is 0.200. The summed E-state index contributed by atoms with van der Waals surface area (Å²) in [5.41, 5.74) is 3.74. The van der Waals surface area contributed by atoms with Crippen molar-refractivity contribution in [2.24, 2.45) is 0 Å². The van der Waals surface area contributed by atoms with Gasteiger partial charge >= 0.3 is 5.97 Å². The molecule has 0 fully saturated rings. The molecule has 27 heavy (non-hydrogen) atoms. The van der Waals surface area contributed by atoms with Crippen molar-refractivity contribution in [3.8, 4) is 11.1 Å². The van der Waals surface area contributed by atoms with Crippen molar-refractivity contribution in [3.05, 3.63) is 64.8 Å². The Morgan fingerprint density at radius 3 is 2.63 bits per heavy atom. The number of benzene rings is 1. The van der Waals surface area contributed by atoms with Gasteiger partial charge in [-0.1, -0.05) is 37.3 Å². The molecule has 136 valence electrons. The Kier molecular flexibility index (Phi) is 3.99. The molecule has 1 N–H and O–H groups in total. The molecule has 3 heterocycles. The van der Waals surface area contributed by atoms with Crippen LogP contribution in [-0.4, -0.2) is 30.2 Å². The van der Waals surface area contributed by atoms with Crippen molar-refractivity contribution in [3.63, 3.8) is 0 Å². The van der Waals surface area contributed by atoms with Crippen LogP contribution in [0.3, 0.4) is 0 Å². The molecule has 7 heteroatoms. The number of rotatable bonds is 4. The lowest BCUT2D eigenvalue weighted by molar-refractivity contribution is -0.140. The number of pyridine rings is 1. The zero-order valence-corrected chi connectivity index (χ0v) is 15.0. The van der Waals surface area contributed by atoms with Crippen LogP contribution in [0, 0.1) is 0 Å². The Balaban J connectivity index is 2.03. The quantitative estimate of drug-likeness (QED) is 0.603. The van der Waals surface area contributed by atoms with E-state index in [1.807, 2.05) is 37.3 Å². The van der Waals surface area contributed by atoms with E-state index in [9.17, 15) is 14.7 Å². The summed E-state index contributed by atoms with van der Waals surface area (Å²) < 4.78 is 2.87. The minimum Gasteiger partial charge on any atom is -0.480 e. The number of carboxylic acid groups (broad SMARTS) is 1. The highest BCUT2D eigenvalue weighted by Gasteiger charge is 2.20. The lowest BCUT2D eigenvalue weighted by Gasteiger charge is -2.11. The Morgan fingerprint density at radius 1 is 1.22 bits per heavy atom. The summed E-state index contributed by atoms with van der Waals surface area (Å²) in [6, 6.07) is 10.7. The predicted molar refractivity (Wildman–Crippen MR) is 102 cm³/mol. The van der Waals surface area contributed by atoms with Gasteiger partial charge in [0.05, 0.1) is 16.6 Å². The van der Waals surface area contributed by atoms with E-state index in [4.69, 9.17) is 0 Å². The molecule has 0 bridgehead atoms. The third kappa shape index (κ3) is 2.59. The van der Waals surface area contributed by atoms with Crippen LogP contribution in [0.1, 0.15) is 25.6 Å². The third-order valence-corrected chi connectivity index (χ3v) is 4.78. The third-order valence-electron chi connectivity index (χ3n) is 4.78. The maximum Gasteiger partial charge on any atom is 0.326 e. The largest absolute Gasteiger partial charge is 0.480 e. The highest BCUT2D eigenvalue weighted by Crippen LogP contribution is 2.29. The molecule has 0 amide bonds. The van der Waals surface area contributed by atoms with Gasteiger partial charge in [0.2, 0.25) is 0 Å². The van der Waals surface area contributed by atoms with Crippen molar-refractivity contribution in [2.75, 3.05) is 0 Å². The standard InChI is InChI=1S/C20H18N4O3/c1-3-15-17(13-7-5-4-6-8-13)18-21-11-14-16(24(18)22-15)9-10-23(19(14)25)12(2)20(26)27/h4-12H,3H2,1-2H3,(H,26,27)/t12-/m1/s1. The summed E-state index contributed by atoms with van der Waals surface area (Å²) in [6.07, 6.45) is 3.73. The topological polar surface area (TPSA) is 89.5 Å². The lowest BCUT2D eigenvalue weighted by Crippen LogP contribution is -2.28. The molecule has 0 unspecified atom stereocenters. The minimum atomic E-state index is -1.07. The van der Waals surface area contributed by atoms with Gasteiger partial charge in [-0.3, -0.25) is 4.79 Å². The highest BCUT2D eigenvalue weighted by molar-refractivity contribution is 5.86. The molecule has 0 saturated heterocycles. The van der Waals surface area contributed by atoms with E-state index in [0.717, 1.165) is 23.2 Å². The molecule has 7 nitrogen and oxygen atoms in total. The molecule has 0 aliphatic heterocycles. The molecule has 3 aromatic heterocycles. The average molecular weight is 362 g/mol. The molecule has 0 aliphatic carbocycles. The highest BCUT2D eigenvalue weighted by atomic mass is 16.4. The molecule has 1 atom stereocenters. The Labute approximate surface area is 154 Å². The second-order valence-corrected chi connectivity index (χ2v) is 6.38. The summed E-state index contributed by atoms with van der Waals surface area (Å²) in [7, 11) is 0. The SMILES string of the molecule is CCc1nn2c(ncc3c(=O)n([C@H](C)C(=O)O)ccc32)c1-c1ccccc1. The van der Waals surface area contributed by atoms with Crippen LogP contribution in [0.25, 0.3) is 27.7 Å². The zero-order valence-electron chi connectivity index (χ0n) is 15.0. The van der Waals surface area contributed by atoms with Gasteiger partial charge < -0.3 is 9.67 Å². The van der Waals surface area contributed by atoms with Crippen molar-refractivity contribution in [1.29, 1.82) is 0 Å². The van der Waals surface area contributed by atoms with Gasteiger partial charge in [0, 0.05) is 18.0 Å². The number of carbonyl (C=O) groups is 1. The van der Waals surface area contributed by atoms with Gasteiger partial charge in [0.1, 0.15) is 6.04 Å². The number of carboxylic acids is 1. The van der Waals surface area contributed by atoms with E-state index in [0.29, 0.717) is 16.6 Å². The van der Waals surface area contributed by atoms with Crippen LogP contribution in [0.5, 0.6) is 0 Å². The number of nitrogens with zero attached hydrogens (tertiary/aromatic N) is 4. The van der Waals surface area contributed by atoms with Gasteiger partial charge in [0.15, 0.2) is 5.65 Å². The normalized spacial score (nSPS) is 12.5. The first-order valence-electron chi connectivity index (χ1n) is 8.72. The van der Waals surface area contributed by atoms with Crippen LogP contribution in [0.4, 0.5) is 0 Å². The van der Waals surface area contributed by atoms with Crippen LogP contribution in [-0.2, 0) is 11.2 Å². The van der Waals surface area contributed by atoms with E-state index >= 15 is 0 Å². The van der Waals surface area contributed by atoms with Gasteiger partial charge in [0.25, 0.3) is 5.56 Å². The van der Waals surface area contributed by atoms with E-state index in [2.05, 4.69) is 10.1 Å². The molecular weight excluding hydrogens is 344 g/mol. The van der Waals surface area contributed by atoms with Crippen molar-refractivity contribution in [1.82, 2.24) is 19.2 Å². The molecule has 1 aromatic carbocycles. The number of hydrogen-bond acceptors (Lipinski definition) is 4. The molecule has 0 radical (unpaired) electrons. The minimum absolute atomic E-state index is 0.336. The number of aryl methyl sites for hydroxylation is 1. The summed E-state index contributed by atoms with van der Waals surface area (Å²) in [6.45, 7) is 3.50. The van der Waals surface area contributed by atoms with Crippen LogP contribution < -0.4 is 5.56 Å². The fourth-order valence-electron chi connectivity index (χ4n) is 3.30. The summed E-state index contributed by atoms with van der Waals surface area (Å²) in [4.78, 5) is 28.5. The lowest BCUT2D eigenvalue weighted by atomic mass is 10.0. The number of hydrogen-bond donors (Lipinski definition) is 1. The summed E-state index contributed by atoms with van der Waals surface area (Å²) in [5, 5.41) is 14.2. The molecule has 4 aromatic rings. The monoisotopic (exact) mass is 362 g/mol. The van der Waals surface area contributed by atoms with E-state index < -0.39 is 17.6 Å². The first-order chi connectivity index (χ1) is 13.0. The fourth-order valence-corrected chi connectivity index (χ4v) is 3.30. The van der Waals surface area contributed by atoms with Gasteiger partial charge in [-0.25, -0.2) is 14.3 Å². The smallest absolute Gasteiger partial charge is 0.326 e. The Bertz CT molecular complexity index is 1220. The van der Waals surface area contributed by atoms with Crippen molar-refractivity contribution < 1.29 is 9.90 Å². The van der Waals surface area contributed by atoms with Crippen LogP contribution in [0.15, 0.2) is 53.6 Å². The van der Waals surface area contributed by atoms with E-state index in [1.54, 1.807) is 10.6 Å². The Morgan fingerprint density at radius 2 is 1.96 bits per heavy atom. The van der Waals surface area contributed by atoms with Gasteiger partial charge in [-0.05, 0) is 25.0 Å². The maximum absolute atomic E-state index is 12.8. The summed E-state index contributed by atoms with van der Waals surface area (Å²) in [5.74, 6) is -1.07. The summed E-state index contributed by atoms with van der Waals surface area (Å²) >= 11 is 0. The van der Waals surface area contributed by atoms with Gasteiger partial charge in [-0.15, -0.1) is 0 Å². The van der Waals surface area contributed by atoms with E-state index in [-0.39, 0.29) is 0 Å². The molecule has 4 rings (SSSR count). The molecule has 0 aliphatic rings. The van der Waals surface area contributed by atoms with Gasteiger partial charge in [-0.2, -0.15) is 5.10 Å². The number of aliphatic carboxylic acids is 1. The molecule has 0 saturated carbocycles.